The van der Waals surface area contributed by atoms with Crippen LogP contribution in [0.2, 0.25) is 0 Å². The van der Waals surface area contributed by atoms with Crippen LogP contribution in [0.1, 0.15) is 18.0 Å². The van der Waals surface area contributed by atoms with Gasteiger partial charge >= 0.3 is 0 Å². The van der Waals surface area contributed by atoms with Crippen molar-refractivity contribution in [3.8, 4) is 0 Å². The van der Waals surface area contributed by atoms with E-state index in [0.29, 0.717) is 0 Å². The molecule has 20 heavy (non-hydrogen) atoms. The van der Waals surface area contributed by atoms with E-state index in [9.17, 15) is 10.1 Å². The molecule has 0 aliphatic carbocycles. The molecule has 1 N–H and O–H groups in total. The highest BCUT2D eigenvalue weighted by Crippen LogP contribution is 2.37. The van der Waals surface area contributed by atoms with Crippen molar-refractivity contribution in [1.29, 1.82) is 0 Å². The molecule has 3 rings (SSSR count). The first-order valence-corrected chi connectivity index (χ1v) is 7.45. The number of nitrogens with one attached hydrogen (secondary N) is 1. The summed E-state index contributed by atoms with van der Waals surface area (Å²) in [6.45, 7) is 0. The van der Waals surface area contributed by atoms with Crippen LogP contribution in [0.5, 0.6) is 0 Å². The smallest absolute Gasteiger partial charge is 0.269 e. The fourth-order valence-corrected chi connectivity index (χ4v) is 3.50. The van der Waals surface area contributed by atoms with E-state index in [1.165, 1.54) is 22.6 Å². The molecule has 1 unspecified atom stereocenters. The van der Waals surface area contributed by atoms with Crippen molar-refractivity contribution in [1.82, 2.24) is 0 Å². The number of nitro groups is 1. The van der Waals surface area contributed by atoms with E-state index >= 15 is 0 Å². The van der Waals surface area contributed by atoms with E-state index in [4.69, 9.17) is 0 Å². The summed E-state index contributed by atoms with van der Waals surface area (Å²) in [5.41, 5.74) is 2.35. The number of anilines is 1. The standard InChI is InChI=1S/C15H14N2O2S/c18-17(19)12-7-5-11(6-8-12)16-14-9-10-20-15-4-2-1-3-13(14)15/h1-8,14,16H,9-10H2. The second-order valence-electron chi connectivity index (χ2n) is 4.68. The number of hydrogen-bond acceptors (Lipinski definition) is 4. The van der Waals surface area contributed by atoms with E-state index in [0.717, 1.165) is 17.9 Å². The van der Waals surface area contributed by atoms with Crippen LogP contribution >= 0.6 is 11.8 Å². The van der Waals surface area contributed by atoms with Crippen LogP contribution in [-0.2, 0) is 0 Å². The maximum atomic E-state index is 10.6. The van der Waals surface area contributed by atoms with Gasteiger partial charge in [0, 0.05) is 28.5 Å². The topological polar surface area (TPSA) is 55.2 Å². The molecular formula is C15H14N2O2S. The Kier molecular flexibility index (Phi) is 3.60. The van der Waals surface area contributed by atoms with E-state index < -0.39 is 0 Å². The Hall–Kier alpha value is -2.01. The lowest BCUT2D eigenvalue weighted by Crippen LogP contribution is -2.15. The number of hydrogen-bond donors (Lipinski definition) is 1. The van der Waals surface area contributed by atoms with Crippen molar-refractivity contribution in [2.75, 3.05) is 11.1 Å². The predicted molar refractivity (Wildman–Crippen MR) is 81.2 cm³/mol. The molecule has 1 aliphatic heterocycles. The third kappa shape index (κ3) is 2.63. The number of rotatable bonds is 3. The second-order valence-corrected chi connectivity index (χ2v) is 5.81. The van der Waals surface area contributed by atoms with Crippen LogP contribution < -0.4 is 5.32 Å². The molecule has 0 saturated heterocycles. The minimum absolute atomic E-state index is 0.121. The van der Waals surface area contributed by atoms with Crippen molar-refractivity contribution in [3.63, 3.8) is 0 Å². The summed E-state index contributed by atoms with van der Waals surface area (Å²) in [7, 11) is 0. The van der Waals surface area contributed by atoms with Crippen molar-refractivity contribution < 1.29 is 4.92 Å². The fourth-order valence-electron chi connectivity index (χ4n) is 2.37. The maximum Gasteiger partial charge on any atom is 0.269 e. The molecule has 0 saturated carbocycles. The average Bonchev–Trinajstić information content (AvgIpc) is 2.48. The van der Waals surface area contributed by atoms with Gasteiger partial charge in [0.2, 0.25) is 0 Å². The summed E-state index contributed by atoms with van der Waals surface area (Å²) >= 11 is 1.88. The lowest BCUT2D eigenvalue weighted by Gasteiger charge is -2.26. The van der Waals surface area contributed by atoms with E-state index in [2.05, 4.69) is 29.6 Å². The largest absolute Gasteiger partial charge is 0.378 e. The van der Waals surface area contributed by atoms with Crippen LogP contribution in [0.15, 0.2) is 53.4 Å². The van der Waals surface area contributed by atoms with Gasteiger partial charge in [-0.15, -0.1) is 11.8 Å². The molecule has 2 aromatic rings. The quantitative estimate of drug-likeness (QED) is 0.677. The van der Waals surface area contributed by atoms with Gasteiger partial charge in [-0.2, -0.15) is 0 Å². The normalized spacial score (nSPS) is 17.3. The lowest BCUT2D eigenvalue weighted by atomic mass is 10.0. The molecule has 0 spiro atoms. The molecule has 0 radical (unpaired) electrons. The number of non-ortho nitro benzene ring substituents is 1. The zero-order valence-corrected chi connectivity index (χ0v) is 11.6. The van der Waals surface area contributed by atoms with Gasteiger partial charge in [0.05, 0.1) is 11.0 Å². The van der Waals surface area contributed by atoms with Gasteiger partial charge in [-0.3, -0.25) is 10.1 Å². The number of nitrogens with zero attached hydrogens (tertiary/aromatic N) is 1. The molecule has 0 amide bonds. The Morgan fingerprint density at radius 1 is 1.15 bits per heavy atom. The van der Waals surface area contributed by atoms with E-state index in [1.807, 2.05) is 11.8 Å². The summed E-state index contributed by atoms with van der Waals surface area (Å²) in [6.07, 6.45) is 1.05. The molecule has 0 aromatic heterocycles. The Bertz CT molecular complexity index is 628. The monoisotopic (exact) mass is 286 g/mol. The Morgan fingerprint density at radius 3 is 2.65 bits per heavy atom. The maximum absolute atomic E-state index is 10.6. The number of benzene rings is 2. The lowest BCUT2D eigenvalue weighted by molar-refractivity contribution is -0.384. The molecule has 102 valence electrons. The minimum atomic E-state index is -0.379. The van der Waals surface area contributed by atoms with Gasteiger partial charge in [0.25, 0.3) is 5.69 Å². The minimum Gasteiger partial charge on any atom is -0.378 e. The van der Waals surface area contributed by atoms with Crippen LogP contribution in [0.4, 0.5) is 11.4 Å². The van der Waals surface area contributed by atoms with Crippen molar-refractivity contribution in [2.24, 2.45) is 0 Å². The zero-order chi connectivity index (χ0) is 13.9. The Balaban J connectivity index is 1.80. The summed E-state index contributed by atoms with van der Waals surface area (Å²) in [5.74, 6) is 1.08. The molecule has 0 fully saturated rings. The van der Waals surface area contributed by atoms with Gasteiger partial charge < -0.3 is 5.32 Å². The van der Waals surface area contributed by atoms with Crippen LogP contribution in [0.3, 0.4) is 0 Å². The molecule has 1 atom stereocenters. The van der Waals surface area contributed by atoms with E-state index in [1.54, 1.807) is 12.1 Å². The third-order valence-electron chi connectivity index (χ3n) is 3.38. The molecule has 1 heterocycles. The van der Waals surface area contributed by atoms with Crippen LogP contribution in [0, 0.1) is 10.1 Å². The van der Waals surface area contributed by atoms with Crippen LogP contribution in [-0.4, -0.2) is 10.7 Å². The molecule has 2 aromatic carbocycles. The fraction of sp³-hybridized carbons (Fsp3) is 0.200. The first-order valence-electron chi connectivity index (χ1n) is 6.47. The number of nitro benzene ring substituents is 1. The Morgan fingerprint density at radius 2 is 1.90 bits per heavy atom. The molecule has 1 aliphatic rings. The van der Waals surface area contributed by atoms with Gasteiger partial charge in [0.1, 0.15) is 0 Å². The summed E-state index contributed by atoms with van der Waals surface area (Å²) in [5, 5.41) is 14.1. The predicted octanol–water partition coefficient (Wildman–Crippen LogP) is 4.24. The van der Waals surface area contributed by atoms with E-state index in [-0.39, 0.29) is 16.7 Å². The van der Waals surface area contributed by atoms with Gasteiger partial charge in [-0.05, 0) is 30.2 Å². The first-order chi connectivity index (χ1) is 9.74. The number of fused-ring (bicyclic) bond motifs is 1. The molecule has 4 nitrogen and oxygen atoms in total. The first kappa shape index (κ1) is 13.0. The zero-order valence-electron chi connectivity index (χ0n) is 10.8. The SMILES string of the molecule is O=[N+]([O-])c1ccc(NC2CCSc3ccccc32)cc1. The van der Waals surface area contributed by atoms with Crippen molar-refractivity contribution >= 4 is 23.1 Å². The highest BCUT2D eigenvalue weighted by Gasteiger charge is 2.20. The van der Waals surface area contributed by atoms with Gasteiger partial charge in [-0.1, -0.05) is 18.2 Å². The summed E-state index contributed by atoms with van der Waals surface area (Å²) < 4.78 is 0. The van der Waals surface area contributed by atoms with Gasteiger partial charge in [-0.25, -0.2) is 0 Å². The van der Waals surface area contributed by atoms with Crippen LogP contribution in [0.25, 0.3) is 0 Å². The summed E-state index contributed by atoms with van der Waals surface area (Å²) in [4.78, 5) is 11.6. The van der Waals surface area contributed by atoms with Gasteiger partial charge in [0.15, 0.2) is 0 Å². The average molecular weight is 286 g/mol. The second kappa shape index (κ2) is 5.54. The summed E-state index contributed by atoms with van der Waals surface area (Å²) in [6, 6.07) is 15.3. The third-order valence-corrected chi connectivity index (χ3v) is 4.50. The van der Waals surface area contributed by atoms with Crippen molar-refractivity contribution in [3.05, 3.63) is 64.2 Å². The molecular weight excluding hydrogens is 272 g/mol. The molecule has 0 bridgehead atoms. The highest BCUT2D eigenvalue weighted by atomic mass is 32.2. The Labute approximate surface area is 121 Å². The van der Waals surface area contributed by atoms with Crippen molar-refractivity contribution in [2.45, 2.75) is 17.4 Å². The molecule has 5 heteroatoms. The highest BCUT2D eigenvalue weighted by molar-refractivity contribution is 7.99. The number of thioether (sulfide) groups is 1.